The fourth-order valence-corrected chi connectivity index (χ4v) is 15.1. The average molecular weight is 1370 g/mol. The molecule has 3 heterocycles. The molecule has 12 aromatic rings. The molecule has 0 N–H and O–H groups in total. The fraction of sp³-hybridized carbons (Fsp3) is 0.0930. The number of ether oxygens (including phenoxy) is 3. The van der Waals surface area contributed by atoms with Crippen molar-refractivity contribution in [3.05, 3.63) is 300 Å². The van der Waals surface area contributed by atoms with Crippen molar-refractivity contribution in [2.45, 2.75) is 49.8 Å². The minimum atomic E-state index is -0.462. The van der Waals surface area contributed by atoms with E-state index >= 15 is 0 Å². The highest BCUT2D eigenvalue weighted by Gasteiger charge is 2.40. The molecule has 19 heteroatoms. The van der Waals surface area contributed by atoms with Gasteiger partial charge in [-0.05, 0) is 202 Å². The molecular formula is C86H49N15O3S. The van der Waals surface area contributed by atoms with E-state index in [9.17, 15) is 31.6 Å². The molecule has 105 heavy (non-hydrogen) atoms. The Morgan fingerprint density at radius 3 is 1.00 bits per heavy atom. The van der Waals surface area contributed by atoms with Crippen LogP contribution in [0.4, 0.5) is 85.3 Å². The minimum Gasteiger partial charge on any atom is -0.497 e. The molecule has 0 spiro atoms. The van der Waals surface area contributed by atoms with E-state index in [0.29, 0.717) is 100 Å². The molecule has 0 unspecified atom stereocenters. The van der Waals surface area contributed by atoms with E-state index in [0.717, 1.165) is 43.7 Å². The van der Waals surface area contributed by atoms with Crippen LogP contribution in [0, 0.1) is 128 Å². The molecule has 3 aliphatic rings. The van der Waals surface area contributed by atoms with Crippen LogP contribution < -0.4 is 28.9 Å². The van der Waals surface area contributed by atoms with Gasteiger partial charge in [0.25, 0.3) is 0 Å². The molecule has 0 bridgehead atoms. The Balaban J connectivity index is 0.000000140. The van der Waals surface area contributed by atoms with E-state index in [1.54, 1.807) is 83.2 Å². The zero-order chi connectivity index (χ0) is 74.3. The zero-order valence-corrected chi connectivity index (χ0v) is 57.8. The first-order chi connectivity index (χ1) is 51.0. The second kappa shape index (κ2) is 27.3. The summed E-state index contributed by atoms with van der Waals surface area (Å²) in [5.41, 5.74) is 12.4. The van der Waals surface area contributed by atoms with Crippen LogP contribution in [0.25, 0.3) is 61.4 Å². The van der Waals surface area contributed by atoms with Gasteiger partial charge in [-0.15, -0.1) is 0 Å². The molecule has 12 aromatic carbocycles. The van der Waals surface area contributed by atoms with E-state index in [1.807, 2.05) is 148 Å². The Hall–Kier alpha value is -15.6. The third-order valence-corrected chi connectivity index (χ3v) is 20.2. The maximum absolute atomic E-state index is 10.1. The van der Waals surface area contributed by atoms with Gasteiger partial charge >= 0.3 is 0 Å². The Morgan fingerprint density at radius 2 is 0.686 bits per heavy atom. The highest BCUT2D eigenvalue weighted by Crippen LogP contribution is 2.61. The summed E-state index contributed by atoms with van der Waals surface area (Å²) in [5, 5.41) is 62.9. The number of rotatable bonds is 5. The predicted octanol–water partition coefficient (Wildman–Crippen LogP) is 23.6. The molecule has 0 saturated carbocycles. The summed E-state index contributed by atoms with van der Waals surface area (Å²) < 4.78 is 17.2. The fourth-order valence-electron chi connectivity index (χ4n) is 14.0. The Kier molecular flexibility index (Phi) is 17.7. The number of fused-ring (bicyclic) bond motifs is 9. The van der Waals surface area contributed by atoms with Gasteiger partial charge in [0.05, 0.1) is 163 Å². The third kappa shape index (κ3) is 10.9. The van der Waals surface area contributed by atoms with Crippen LogP contribution in [-0.4, -0.2) is 14.2 Å². The van der Waals surface area contributed by atoms with Gasteiger partial charge in [-0.2, -0.15) is 31.6 Å². The first-order valence-corrected chi connectivity index (χ1v) is 32.9. The number of hydrogen-bond donors (Lipinski definition) is 0. The van der Waals surface area contributed by atoms with Gasteiger partial charge in [0.1, 0.15) is 11.5 Å². The van der Waals surface area contributed by atoms with Crippen LogP contribution in [0.2, 0.25) is 0 Å². The highest BCUT2D eigenvalue weighted by atomic mass is 32.2. The second-order valence-electron chi connectivity index (χ2n) is 24.7. The summed E-state index contributed by atoms with van der Waals surface area (Å²) in [6.07, 6.45) is 0. The van der Waals surface area contributed by atoms with Crippen molar-refractivity contribution in [2.24, 2.45) is 0 Å². The summed E-state index contributed by atoms with van der Waals surface area (Å²) in [7, 11) is 3.24. The lowest BCUT2D eigenvalue weighted by molar-refractivity contribution is 0.411. The SMILES string of the molecule is [C-]#[N+]c1cc2c(N3c4ccc(OC)cc4C(C)(C)c4cc(OC)ccc43)c([N+]#[C-])c(C#N)cc2c(C)c1C#N.[C-]#[N+]c1cc2c(N3c4ccccc4Oc4ccccc43)c([N+]#[C-])c(C#N)cc2c(C)c1C#N.[C-]#[N+]c1cc2c(N3c4ccccc4Sc4ccccc43)c([N+]#[C-])c(C#N)cc2c(C)c1C#N. The van der Waals surface area contributed by atoms with Crippen LogP contribution >= 0.6 is 11.8 Å². The van der Waals surface area contributed by atoms with Crippen molar-refractivity contribution in [2.75, 3.05) is 28.9 Å². The van der Waals surface area contributed by atoms with Crippen molar-refractivity contribution in [1.29, 1.82) is 31.6 Å². The summed E-state index contributed by atoms with van der Waals surface area (Å²) in [6.45, 7) is 56.6. The van der Waals surface area contributed by atoms with Crippen LogP contribution in [0.3, 0.4) is 0 Å². The van der Waals surface area contributed by atoms with Gasteiger partial charge in [-0.1, -0.05) is 74.1 Å². The first-order valence-electron chi connectivity index (χ1n) is 32.1. The molecule has 3 aliphatic heterocycles. The minimum absolute atomic E-state index is 0.174. The molecule has 18 nitrogen and oxygen atoms in total. The molecule has 492 valence electrons. The van der Waals surface area contributed by atoms with Crippen molar-refractivity contribution < 1.29 is 14.2 Å². The van der Waals surface area contributed by atoms with E-state index in [1.165, 1.54) is 0 Å². The number of benzene rings is 12. The molecule has 0 atom stereocenters. The van der Waals surface area contributed by atoms with E-state index in [-0.39, 0.29) is 67.5 Å². The lowest BCUT2D eigenvalue weighted by atomic mass is 9.73. The number of methoxy groups -OCH3 is 2. The number of aryl methyl sites for hydroxylation is 3. The number of nitrogens with zero attached hydrogens (tertiary/aromatic N) is 15. The summed E-state index contributed by atoms with van der Waals surface area (Å²) in [4.78, 5) is 30.1. The lowest BCUT2D eigenvalue weighted by Gasteiger charge is -2.43. The average Bonchev–Trinajstić information content (AvgIpc) is 0.714. The van der Waals surface area contributed by atoms with Gasteiger partial charge in [0, 0.05) is 26.6 Å². The van der Waals surface area contributed by atoms with Crippen LogP contribution in [0.15, 0.2) is 180 Å². The van der Waals surface area contributed by atoms with Gasteiger partial charge in [-0.25, -0.2) is 29.1 Å². The summed E-state index contributed by atoms with van der Waals surface area (Å²) in [6, 6.07) is 65.2. The zero-order valence-electron chi connectivity index (χ0n) is 57.0. The molecular weight excluding hydrogens is 1320 g/mol. The standard InChI is InChI=1S/C32H23N5O2.C27H13N5O.C27H13N5S/c1-18-22-12-19(16-33)30(36-5)31(23(22)15-27(35-4)24(18)17-34)37-28-10-8-20(38-6)13-25(28)32(2,3)26-14-21(39-7)9-11-29(26)37;2*1-16-18-12-17(14-28)26(31-3)27(19(18)13-21(30-2)20(16)15-29)32-22-8-4-6-10-24(22)33-25-11-7-5-9-23(25)32/h8-15H,1-3,6-7H3;2*4-13H,1H3. The summed E-state index contributed by atoms with van der Waals surface area (Å²) in [5.74, 6) is 2.61. The number of nitriles is 6. The second-order valence-corrected chi connectivity index (χ2v) is 25.7. The highest BCUT2D eigenvalue weighted by molar-refractivity contribution is 7.99. The maximum atomic E-state index is 10.1. The van der Waals surface area contributed by atoms with Gasteiger partial charge in [0.15, 0.2) is 11.5 Å². The molecule has 0 radical (unpaired) electrons. The molecule has 0 aliphatic carbocycles. The third-order valence-electron chi connectivity index (χ3n) is 19.1. The number of anilines is 9. The molecule has 15 rings (SSSR count). The Bertz CT molecular complexity index is 6030. The van der Waals surface area contributed by atoms with Crippen molar-refractivity contribution >= 4 is 129 Å². The molecule has 0 saturated heterocycles. The van der Waals surface area contributed by atoms with E-state index < -0.39 is 5.41 Å². The van der Waals surface area contributed by atoms with E-state index in [2.05, 4.69) is 79.3 Å². The van der Waals surface area contributed by atoms with Crippen LogP contribution in [0.1, 0.15) is 75.0 Å². The van der Waals surface area contributed by atoms with Crippen LogP contribution in [0.5, 0.6) is 23.0 Å². The van der Waals surface area contributed by atoms with Crippen LogP contribution in [-0.2, 0) is 5.41 Å². The smallest absolute Gasteiger partial charge is 0.228 e. The lowest BCUT2D eigenvalue weighted by Crippen LogP contribution is -2.31. The molecule has 0 fully saturated rings. The quantitative estimate of drug-likeness (QED) is 0.147. The largest absolute Gasteiger partial charge is 0.497 e. The first kappa shape index (κ1) is 68.0. The Labute approximate surface area is 609 Å². The molecule has 0 aromatic heterocycles. The van der Waals surface area contributed by atoms with Crippen molar-refractivity contribution in [3.8, 4) is 59.4 Å². The topological polar surface area (TPSA) is 206 Å². The predicted molar refractivity (Wildman–Crippen MR) is 405 cm³/mol. The maximum Gasteiger partial charge on any atom is 0.228 e. The number of para-hydroxylation sites is 6. The summed E-state index contributed by atoms with van der Waals surface area (Å²) >= 11 is 1.65. The normalized spacial score (nSPS) is 11.9. The monoisotopic (exact) mass is 1370 g/mol. The van der Waals surface area contributed by atoms with Crippen molar-refractivity contribution in [3.63, 3.8) is 0 Å². The van der Waals surface area contributed by atoms with Crippen molar-refractivity contribution in [1.82, 2.24) is 0 Å². The molecule has 0 amide bonds. The van der Waals surface area contributed by atoms with Gasteiger partial charge in [-0.3, -0.25) is 0 Å². The number of hydrogen-bond acceptors (Lipinski definition) is 13. The van der Waals surface area contributed by atoms with Gasteiger partial charge in [0.2, 0.25) is 34.1 Å². The van der Waals surface area contributed by atoms with Gasteiger partial charge < -0.3 is 28.9 Å². The van der Waals surface area contributed by atoms with E-state index in [4.69, 9.17) is 53.6 Å². The Morgan fingerprint density at radius 1 is 0.371 bits per heavy atom.